The second-order valence-electron chi connectivity index (χ2n) is 9.54. The van der Waals surface area contributed by atoms with E-state index in [0.29, 0.717) is 11.5 Å². The standard InChI is InChI=1S/C31H36O3.C3H6O2.C2H6/c1-2-11-26(24-27-18-21-29(22-19-27)31(32)33)17-20-28-15-8-9-16-30(28)34-23-10-4-7-14-25-12-5-3-6-13-25;1-2-3(4)5;1-2/h3,5-6,8-9,12-13,15-22,26H,2,4,7,10-11,14,23-24H2,1H3,(H,32,33);2H2,1H3,(H,4,5);1-2H3/b20-17+;;. The first-order valence-electron chi connectivity index (χ1n) is 14.9. The van der Waals surface area contributed by atoms with Gasteiger partial charge in [0.05, 0.1) is 12.2 Å². The van der Waals surface area contributed by atoms with E-state index in [0.717, 1.165) is 62.0 Å². The van der Waals surface area contributed by atoms with Crippen LogP contribution in [0, 0.1) is 5.92 Å². The Labute approximate surface area is 246 Å². The number of unbranched alkanes of at least 4 members (excludes halogenated alkanes) is 2. The van der Waals surface area contributed by atoms with Crippen molar-refractivity contribution in [1.29, 1.82) is 0 Å². The highest BCUT2D eigenvalue weighted by atomic mass is 16.5. The van der Waals surface area contributed by atoms with Gasteiger partial charge in [-0.05, 0) is 73.8 Å². The lowest BCUT2D eigenvalue weighted by Crippen LogP contribution is -2.03. The number of hydrogen-bond donors (Lipinski definition) is 2. The van der Waals surface area contributed by atoms with Crippen LogP contribution in [0.5, 0.6) is 5.75 Å². The van der Waals surface area contributed by atoms with Gasteiger partial charge >= 0.3 is 11.9 Å². The monoisotopic (exact) mass is 560 g/mol. The van der Waals surface area contributed by atoms with Crippen LogP contribution in [-0.2, 0) is 17.6 Å². The molecule has 0 bridgehead atoms. The summed E-state index contributed by atoms with van der Waals surface area (Å²) < 4.78 is 6.13. The van der Waals surface area contributed by atoms with Gasteiger partial charge in [-0.2, -0.15) is 0 Å². The van der Waals surface area contributed by atoms with E-state index in [9.17, 15) is 9.59 Å². The molecule has 3 aromatic rings. The Morgan fingerprint density at radius 2 is 1.44 bits per heavy atom. The molecule has 3 rings (SSSR count). The van der Waals surface area contributed by atoms with Crippen LogP contribution in [0.1, 0.15) is 93.3 Å². The lowest BCUT2D eigenvalue weighted by atomic mass is 9.93. The molecule has 1 atom stereocenters. The number of para-hydroxylation sites is 1. The molecule has 0 saturated heterocycles. The maximum Gasteiger partial charge on any atom is 0.335 e. The third-order valence-electron chi connectivity index (χ3n) is 6.34. The fourth-order valence-corrected chi connectivity index (χ4v) is 4.15. The highest BCUT2D eigenvalue weighted by Crippen LogP contribution is 2.23. The molecule has 2 N–H and O–H groups in total. The number of allylic oxidation sites excluding steroid dienone is 1. The molecule has 0 spiro atoms. The molecule has 0 aliphatic carbocycles. The van der Waals surface area contributed by atoms with Gasteiger partial charge in [0.1, 0.15) is 5.75 Å². The molecule has 0 fully saturated rings. The van der Waals surface area contributed by atoms with E-state index >= 15 is 0 Å². The number of carbonyl (C=O) groups is 2. The number of carboxylic acid groups (broad SMARTS) is 2. The highest BCUT2D eigenvalue weighted by molar-refractivity contribution is 5.87. The third-order valence-corrected chi connectivity index (χ3v) is 6.34. The Hall–Kier alpha value is -3.86. The average molecular weight is 561 g/mol. The molecule has 5 nitrogen and oxygen atoms in total. The molecular formula is C36H48O5. The molecule has 3 aromatic carbocycles. The van der Waals surface area contributed by atoms with Crippen molar-refractivity contribution in [3.05, 3.63) is 107 Å². The summed E-state index contributed by atoms with van der Waals surface area (Å²) in [5.41, 5.74) is 4.00. The molecule has 222 valence electrons. The largest absolute Gasteiger partial charge is 0.493 e. The van der Waals surface area contributed by atoms with Crippen LogP contribution in [0.4, 0.5) is 0 Å². The highest BCUT2D eigenvalue weighted by Gasteiger charge is 2.08. The van der Waals surface area contributed by atoms with Gasteiger partial charge in [-0.3, -0.25) is 4.79 Å². The number of rotatable bonds is 15. The van der Waals surface area contributed by atoms with Crippen LogP contribution in [0.15, 0.2) is 84.9 Å². The minimum absolute atomic E-state index is 0.222. The van der Waals surface area contributed by atoms with Gasteiger partial charge < -0.3 is 14.9 Å². The predicted octanol–water partition coefficient (Wildman–Crippen LogP) is 9.36. The van der Waals surface area contributed by atoms with E-state index in [2.05, 4.69) is 55.5 Å². The number of aryl methyl sites for hydroxylation is 1. The fourth-order valence-electron chi connectivity index (χ4n) is 4.15. The van der Waals surface area contributed by atoms with Gasteiger partial charge in [-0.15, -0.1) is 0 Å². The average Bonchev–Trinajstić information content (AvgIpc) is 3.00. The lowest BCUT2D eigenvalue weighted by molar-refractivity contribution is -0.136. The summed E-state index contributed by atoms with van der Waals surface area (Å²) in [4.78, 5) is 20.5. The zero-order valence-electron chi connectivity index (χ0n) is 25.2. The first-order chi connectivity index (χ1) is 19.9. The van der Waals surface area contributed by atoms with E-state index in [-0.39, 0.29) is 6.42 Å². The first kappa shape index (κ1) is 35.2. The van der Waals surface area contributed by atoms with Crippen LogP contribution in [0.3, 0.4) is 0 Å². The van der Waals surface area contributed by atoms with Crippen molar-refractivity contribution >= 4 is 18.0 Å². The Morgan fingerprint density at radius 3 is 2.05 bits per heavy atom. The van der Waals surface area contributed by atoms with Crippen molar-refractivity contribution in [3.8, 4) is 5.75 Å². The molecule has 0 aliphatic rings. The number of aliphatic carboxylic acids is 1. The van der Waals surface area contributed by atoms with Crippen LogP contribution < -0.4 is 4.74 Å². The van der Waals surface area contributed by atoms with E-state index < -0.39 is 11.9 Å². The van der Waals surface area contributed by atoms with Crippen molar-refractivity contribution in [1.82, 2.24) is 0 Å². The van der Waals surface area contributed by atoms with Gasteiger partial charge in [0.2, 0.25) is 0 Å². The SMILES string of the molecule is CC.CCC(=O)O.CCCC(/C=C/c1ccccc1OCCCCCc1ccccc1)Cc1ccc(C(=O)O)cc1. The van der Waals surface area contributed by atoms with E-state index in [4.69, 9.17) is 14.9 Å². The van der Waals surface area contributed by atoms with Gasteiger partial charge in [-0.25, -0.2) is 4.79 Å². The predicted molar refractivity (Wildman–Crippen MR) is 170 cm³/mol. The van der Waals surface area contributed by atoms with Gasteiger partial charge in [0, 0.05) is 12.0 Å². The van der Waals surface area contributed by atoms with Crippen LogP contribution >= 0.6 is 0 Å². The van der Waals surface area contributed by atoms with Gasteiger partial charge in [0.25, 0.3) is 0 Å². The summed E-state index contributed by atoms with van der Waals surface area (Å²) in [5, 5.41) is 16.8. The maximum absolute atomic E-state index is 11.1. The summed E-state index contributed by atoms with van der Waals surface area (Å²) in [6.45, 7) is 8.53. The summed E-state index contributed by atoms with van der Waals surface area (Å²) in [6.07, 6.45) is 12.3. The Balaban J connectivity index is 0.00000108. The number of hydrogen-bond acceptors (Lipinski definition) is 3. The quantitative estimate of drug-likeness (QED) is 0.181. The molecule has 0 radical (unpaired) electrons. The van der Waals surface area contributed by atoms with E-state index in [1.165, 1.54) is 12.0 Å². The summed E-state index contributed by atoms with van der Waals surface area (Å²) in [5.74, 6) is -0.302. The lowest BCUT2D eigenvalue weighted by Gasteiger charge is -2.13. The Kier molecular flexibility index (Phi) is 18.8. The second kappa shape index (κ2) is 21.9. The number of aromatic carboxylic acids is 1. The molecule has 1 unspecified atom stereocenters. The van der Waals surface area contributed by atoms with Crippen molar-refractivity contribution in [2.75, 3.05) is 6.61 Å². The summed E-state index contributed by atoms with van der Waals surface area (Å²) in [6, 6.07) is 26.1. The molecule has 0 amide bonds. The van der Waals surface area contributed by atoms with E-state index in [1.807, 2.05) is 44.2 Å². The van der Waals surface area contributed by atoms with Gasteiger partial charge in [0.15, 0.2) is 0 Å². The van der Waals surface area contributed by atoms with Crippen molar-refractivity contribution < 1.29 is 24.5 Å². The first-order valence-corrected chi connectivity index (χ1v) is 14.9. The summed E-state index contributed by atoms with van der Waals surface area (Å²) in [7, 11) is 0. The smallest absolute Gasteiger partial charge is 0.335 e. The zero-order chi connectivity index (χ0) is 30.3. The normalized spacial score (nSPS) is 11.0. The number of ether oxygens (including phenoxy) is 1. The molecular weight excluding hydrogens is 512 g/mol. The zero-order valence-corrected chi connectivity index (χ0v) is 25.2. The fraction of sp³-hybridized carbons (Fsp3) is 0.389. The second-order valence-corrected chi connectivity index (χ2v) is 9.54. The maximum atomic E-state index is 11.1. The molecule has 5 heteroatoms. The molecule has 0 heterocycles. The number of benzene rings is 3. The number of carboxylic acids is 2. The molecule has 0 saturated carbocycles. The summed E-state index contributed by atoms with van der Waals surface area (Å²) >= 11 is 0. The Morgan fingerprint density at radius 1 is 0.805 bits per heavy atom. The molecule has 0 aliphatic heterocycles. The van der Waals surface area contributed by atoms with Crippen molar-refractivity contribution in [2.45, 2.75) is 79.1 Å². The molecule has 0 aromatic heterocycles. The topological polar surface area (TPSA) is 83.8 Å². The van der Waals surface area contributed by atoms with Crippen LogP contribution in [0.25, 0.3) is 6.08 Å². The van der Waals surface area contributed by atoms with Crippen LogP contribution in [-0.4, -0.2) is 28.8 Å². The van der Waals surface area contributed by atoms with Crippen molar-refractivity contribution in [2.24, 2.45) is 5.92 Å². The minimum atomic E-state index is -0.885. The van der Waals surface area contributed by atoms with Gasteiger partial charge in [-0.1, -0.05) is 107 Å². The third kappa shape index (κ3) is 15.5. The Bertz CT molecular complexity index is 1140. The van der Waals surface area contributed by atoms with Crippen molar-refractivity contribution in [3.63, 3.8) is 0 Å². The van der Waals surface area contributed by atoms with Crippen LogP contribution in [0.2, 0.25) is 0 Å². The van der Waals surface area contributed by atoms with E-state index in [1.54, 1.807) is 19.1 Å². The molecule has 41 heavy (non-hydrogen) atoms. The minimum Gasteiger partial charge on any atom is -0.493 e.